The number of aliphatic hydroxyl groups is 1. The molecule has 2 rings (SSSR count). The summed E-state index contributed by atoms with van der Waals surface area (Å²) in [6.45, 7) is 3.85. The normalized spacial score (nSPS) is 10.6. The van der Waals surface area contributed by atoms with Gasteiger partial charge >= 0.3 is 0 Å². The van der Waals surface area contributed by atoms with Gasteiger partial charge in [0, 0.05) is 11.6 Å². The van der Waals surface area contributed by atoms with Crippen LogP contribution in [-0.4, -0.2) is 19.9 Å². The van der Waals surface area contributed by atoms with Crippen molar-refractivity contribution < 1.29 is 5.11 Å². The first-order valence-corrected chi connectivity index (χ1v) is 5.72. The molecule has 0 spiro atoms. The molecule has 0 amide bonds. The predicted octanol–water partition coefficient (Wildman–Crippen LogP) is 1.89. The Labute approximate surface area is 105 Å². The van der Waals surface area contributed by atoms with Crippen LogP contribution in [0, 0.1) is 11.3 Å². The van der Waals surface area contributed by atoms with Crippen molar-refractivity contribution in [1.29, 1.82) is 5.26 Å². The average Bonchev–Trinajstić information content (AvgIpc) is 2.82. The second kappa shape index (κ2) is 4.98. The summed E-state index contributed by atoms with van der Waals surface area (Å²) in [5.41, 5.74) is 1.41. The standard InChI is InChI=1S/C13H14N4O/c1-9(2)17-12(8-18)15-16-13(17)11-5-3-4-10(6-11)7-14/h3-6,9,18H,8H2,1-2H3. The molecule has 0 bridgehead atoms. The summed E-state index contributed by atoms with van der Waals surface area (Å²) in [6, 6.07) is 9.44. The summed E-state index contributed by atoms with van der Waals surface area (Å²) in [4.78, 5) is 0. The third-order valence-electron chi connectivity index (χ3n) is 2.67. The molecule has 0 aliphatic carbocycles. The SMILES string of the molecule is CC(C)n1c(CO)nnc1-c1cccc(C#N)c1. The number of benzene rings is 1. The lowest BCUT2D eigenvalue weighted by atomic mass is 10.1. The fourth-order valence-electron chi connectivity index (χ4n) is 1.90. The molecule has 5 heteroatoms. The summed E-state index contributed by atoms with van der Waals surface area (Å²) in [5.74, 6) is 1.20. The van der Waals surface area contributed by atoms with Crippen molar-refractivity contribution in [3.63, 3.8) is 0 Å². The summed E-state index contributed by atoms with van der Waals surface area (Å²) in [7, 11) is 0. The van der Waals surface area contributed by atoms with Crippen molar-refractivity contribution in [2.45, 2.75) is 26.5 Å². The van der Waals surface area contributed by atoms with E-state index in [1.807, 2.05) is 30.5 Å². The van der Waals surface area contributed by atoms with Crippen molar-refractivity contribution in [1.82, 2.24) is 14.8 Å². The van der Waals surface area contributed by atoms with Gasteiger partial charge < -0.3 is 9.67 Å². The van der Waals surface area contributed by atoms with Gasteiger partial charge in [-0.2, -0.15) is 5.26 Å². The van der Waals surface area contributed by atoms with Crippen LogP contribution in [-0.2, 0) is 6.61 Å². The molecule has 2 aromatic rings. The van der Waals surface area contributed by atoms with Crippen LogP contribution >= 0.6 is 0 Å². The third kappa shape index (κ3) is 2.11. The molecule has 92 valence electrons. The number of hydrogen-bond acceptors (Lipinski definition) is 4. The molecule has 1 aromatic heterocycles. The highest BCUT2D eigenvalue weighted by atomic mass is 16.3. The minimum Gasteiger partial charge on any atom is -0.388 e. The Morgan fingerprint density at radius 1 is 1.39 bits per heavy atom. The van der Waals surface area contributed by atoms with Crippen molar-refractivity contribution in [3.8, 4) is 17.5 Å². The maximum absolute atomic E-state index is 9.25. The van der Waals surface area contributed by atoms with Crippen molar-refractivity contribution in [2.24, 2.45) is 0 Å². The van der Waals surface area contributed by atoms with Gasteiger partial charge in [0.2, 0.25) is 0 Å². The maximum Gasteiger partial charge on any atom is 0.164 e. The second-order valence-electron chi connectivity index (χ2n) is 4.25. The Morgan fingerprint density at radius 2 is 2.17 bits per heavy atom. The van der Waals surface area contributed by atoms with Gasteiger partial charge in [0.1, 0.15) is 6.61 Å². The van der Waals surface area contributed by atoms with Crippen molar-refractivity contribution in [3.05, 3.63) is 35.7 Å². The molecule has 0 atom stereocenters. The van der Waals surface area contributed by atoms with E-state index in [2.05, 4.69) is 16.3 Å². The number of aromatic nitrogens is 3. The largest absolute Gasteiger partial charge is 0.388 e. The number of nitriles is 1. The molecular formula is C13H14N4O. The van der Waals surface area contributed by atoms with Gasteiger partial charge in [0.15, 0.2) is 11.6 Å². The van der Waals surface area contributed by atoms with Gasteiger partial charge in [0.25, 0.3) is 0 Å². The minimum atomic E-state index is -0.150. The molecule has 0 aliphatic rings. The molecule has 1 aromatic carbocycles. The molecular weight excluding hydrogens is 228 g/mol. The fourth-order valence-corrected chi connectivity index (χ4v) is 1.90. The molecule has 0 aliphatic heterocycles. The van der Waals surface area contributed by atoms with E-state index in [4.69, 9.17) is 5.26 Å². The van der Waals surface area contributed by atoms with Gasteiger partial charge in [-0.15, -0.1) is 10.2 Å². The number of aliphatic hydroxyl groups excluding tert-OH is 1. The van der Waals surface area contributed by atoms with Crippen LogP contribution in [0.1, 0.15) is 31.3 Å². The van der Waals surface area contributed by atoms with Gasteiger partial charge in [-0.1, -0.05) is 12.1 Å². The monoisotopic (exact) mass is 242 g/mol. The first-order valence-electron chi connectivity index (χ1n) is 5.72. The number of hydrogen-bond donors (Lipinski definition) is 1. The number of nitrogens with zero attached hydrogens (tertiary/aromatic N) is 4. The molecule has 1 N–H and O–H groups in total. The Bertz CT molecular complexity index is 595. The van der Waals surface area contributed by atoms with Gasteiger partial charge in [-0.25, -0.2) is 0 Å². The Balaban J connectivity index is 2.57. The lowest BCUT2D eigenvalue weighted by molar-refractivity contribution is 0.262. The van der Waals surface area contributed by atoms with Crippen LogP contribution in [0.5, 0.6) is 0 Å². The molecule has 0 saturated carbocycles. The average molecular weight is 242 g/mol. The van der Waals surface area contributed by atoms with Gasteiger partial charge in [-0.3, -0.25) is 0 Å². The van der Waals surface area contributed by atoms with Gasteiger partial charge in [-0.05, 0) is 26.0 Å². The Kier molecular flexibility index (Phi) is 3.40. The predicted molar refractivity (Wildman–Crippen MR) is 66.5 cm³/mol. The van der Waals surface area contributed by atoms with E-state index in [1.54, 1.807) is 12.1 Å². The van der Waals surface area contributed by atoms with E-state index in [0.717, 1.165) is 5.56 Å². The zero-order valence-electron chi connectivity index (χ0n) is 10.3. The first-order chi connectivity index (χ1) is 8.67. The van der Waals surface area contributed by atoms with Crippen LogP contribution in [0.3, 0.4) is 0 Å². The van der Waals surface area contributed by atoms with Gasteiger partial charge in [0.05, 0.1) is 11.6 Å². The van der Waals surface area contributed by atoms with E-state index in [1.165, 1.54) is 0 Å². The molecule has 0 unspecified atom stereocenters. The van der Waals surface area contributed by atoms with E-state index in [0.29, 0.717) is 17.2 Å². The zero-order chi connectivity index (χ0) is 13.1. The van der Waals surface area contributed by atoms with E-state index >= 15 is 0 Å². The summed E-state index contributed by atoms with van der Waals surface area (Å²) in [6.07, 6.45) is 0. The fraction of sp³-hybridized carbons (Fsp3) is 0.308. The lowest BCUT2D eigenvalue weighted by Gasteiger charge is -2.13. The second-order valence-corrected chi connectivity index (χ2v) is 4.25. The van der Waals surface area contributed by atoms with E-state index in [-0.39, 0.29) is 12.6 Å². The maximum atomic E-state index is 9.25. The molecule has 0 saturated heterocycles. The highest BCUT2D eigenvalue weighted by molar-refractivity contribution is 5.58. The van der Waals surface area contributed by atoms with Crippen LogP contribution in [0.2, 0.25) is 0 Å². The van der Waals surface area contributed by atoms with Crippen LogP contribution in [0.25, 0.3) is 11.4 Å². The summed E-state index contributed by atoms with van der Waals surface area (Å²) >= 11 is 0. The lowest BCUT2D eigenvalue weighted by Crippen LogP contribution is -2.08. The van der Waals surface area contributed by atoms with Crippen molar-refractivity contribution >= 4 is 0 Å². The zero-order valence-corrected chi connectivity index (χ0v) is 10.3. The molecule has 18 heavy (non-hydrogen) atoms. The molecule has 0 radical (unpaired) electrons. The first kappa shape index (κ1) is 12.3. The topological polar surface area (TPSA) is 74.7 Å². The summed E-state index contributed by atoms with van der Waals surface area (Å²) < 4.78 is 1.87. The van der Waals surface area contributed by atoms with E-state index < -0.39 is 0 Å². The highest BCUT2D eigenvalue weighted by Crippen LogP contribution is 2.23. The van der Waals surface area contributed by atoms with Crippen LogP contribution in [0.4, 0.5) is 0 Å². The Morgan fingerprint density at radius 3 is 2.78 bits per heavy atom. The Hall–Kier alpha value is -2.19. The highest BCUT2D eigenvalue weighted by Gasteiger charge is 2.15. The van der Waals surface area contributed by atoms with E-state index in [9.17, 15) is 5.11 Å². The molecule has 1 heterocycles. The van der Waals surface area contributed by atoms with Crippen LogP contribution in [0.15, 0.2) is 24.3 Å². The summed E-state index contributed by atoms with van der Waals surface area (Å²) in [5, 5.41) is 26.2. The number of rotatable bonds is 3. The molecule has 0 fully saturated rings. The van der Waals surface area contributed by atoms with Crippen LogP contribution < -0.4 is 0 Å². The molecule has 5 nitrogen and oxygen atoms in total. The van der Waals surface area contributed by atoms with Crippen molar-refractivity contribution in [2.75, 3.05) is 0 Å². The quantitative estimate of drug-likeness (QED) is 0.891. The minimum absolute atomic E-state index is 0.142. The smallest absolute Gasteiger partial charge is 0.164 e. The third-order valence-corrected chi connectivity index (χ3v) is 2.67.